The summed E-state index contributed by atoms with van der Waals surface area (Å²) in [7, 11) is 0. The standard InChI is InChI=1S/C29H28F3N5O5/c30-29(31,32)24(17-3-1-16(2-4-17)18-5-6-20-19(11-18)14-41-26(20)40)42-23-12-22(35-27(33)36-23)37-9-7-28(8-10-37)13-21(25(38)39)34-15-28/h1-6,11-12,21,24,34H,7-10,13-15H2,(H,38,39)(H2,33,35,36)/t21?,24-/m1/s1. The van der Waals surface area contributed by atoms with Crippen molar-refractivity contribution in [3.63, 3.8) is 0 Å². The molecule has 220 valence electrons. The molecule has 3 aliphatic rings. The van der Waals surface area contributed by atoms with Crippen LogP contribution in [0.25, 0.3) is 11.1 Å². The number of nitrogens with two attached hydrogens (primary N) is 1. The molecule has 13 heteroatoms. The van der Waals surface area contributed by atoms with Crippen LogP contribution in [0.5, 0.6) is 5.88 Å². The van der Waals surface area contributed by atoms with Gasteiger partial charge < -0.3 is 30.5 Å². The number of fused-ring (bicyclic) bond motifs is 1. The van der Waals surface area contributed by atoms with E-state index in [4.69, 9.17) is 15.2 Å². The highest BCUT2D eigenvalue weighted by Gasteiger charge is 2.45. The number of cyclic esters (lactones) is 1. The number of hydrogen-bond donors (Lipinski definition) is 3. The van der Waals surface area contributed by atoms with E-state index in [1.807, 2.05) is 4.90 Å². The van der Waals surface area contributed by atoms with Gasteiger partial charge in [-0.05, 0) is 47.9 Å². The number of esters is 1. The maximum absolute atomic E-state index is 14.2. The van der Waals surface area contributed by atoms with Crippen molar-refractivity contribution in [2.24, 2.45) is 5.41 Å². The van der Waals surface area contributed by atoms with Crippen LogP contribution in [-0.2, 0) is 16.1 Å². The lowest BCUT2D eigenvalue weighted by Crippen LogP contribution is -2.41. The number of hydrogen-bond acceptors (Lipinski definition) is 9. The number of rotatable bonds is 6. The monoisotopic (exact) mass is 583 g/mol. The fourth-order valence-corrected chi connectivity index (χ4v) is 5.94. The second-order valence-electron chi connectivity index (χ2n) is 11.0. The molecular formula is C29H28F3N5O5. The highest BCUT2D eigenvalue weighted by atomic mass is 19.4. The van der Waals surface area contributed by atoms with Crippen LogP contribution in [0.15, 0.2) is 48.5 Å². The molecule has 3 aliphatic heterocycles. The van der Waals surface area contributed by atoms with Gasteiger partial charge in [-0.1, -0.05) is 30.3 Å². The van der Waals surface area contributed by atoms with Crippen LogP contribution < -0.4 is 20.7 Å². The number of alkyl halides is 3. The Kier molecular flexibility index (Phi) is 6.92. The molecule has 10 nitrogen and oxygen atoms in total. The van der Waals surface area contributed by atoms with Crippen molar-refractivity contribution in [2.45, 2.75) is 44.2 Å². The van der Waals surface area contributed by atoms with Gasteiger partial charge in [0.25, 0.3) is 0 Å². The molecule has 2 fully saturated rings. The summed E-state index contributed by atoms with van der Waals surface area (Å²) in [6.07, 6.45) is -5.12. The molecule has 2 atom stereocenters. The molecule has 0 bridgehead atoms. The Morgan fingerprint density at radius 3 is 2.50 bits per heavy atom. The number of aromatic nitrogens is 2. The molecular weight excluding hydrogens is 555 g/mol. The molecule has 42 heavy (non-hydrogen) atoms. The van der Waals surface area contributed by atoms with Gasteiger partial charge in [0.1, 0.15) is 18.5 Å². The van der Waals surface area contributed by atoms with Crippen molar-refractivity contribution < 1.29 is 37.3 Å². The van der Waals surface area contributed by atoms with Gasteiger partial charge in [-0.3, -0.25) is 4.79 Å². The van der Waals surface area contributed by atoms with E-state index in [2.05, 4.69) is 15.3 Å². The van der Waals surface area contributed by atoms with E-state index in [1.165, 1.54) is 18.2 Å². The number of benzene rings is 2. The molecule has 6 rings (SSSR count). The Hall–Kier alpha value is -4.39. The number of nitrogen functional groups attached to an aromatic ring is 1. The maximum Gasteiger partial charge on any atom is 0.429 e. The Labute approximate surface area is 238 Å². The van der Waals surface area contributed by atoms with Gasteiger partial charge in [-0.25, -0.2) is 4.79 Å². The van der Waals surface area contributed by atoms with Crippen molar-refractivity contribution in [3.8, 4) is 17.0 Å². The van der Waals surface area contributed by atoms with Crippen molar-refractivity contribution in [3.05, 3.63) is 65.2 Å². The predicted molar refractivity (Wildman–Crippen MR) is 145 cm³/mol. The molecule has 0 amide bonds. The second kappa shape index (κ2) is 10.5. The SMILES string of the molecule is Nc1nc(O[C@H](c2ccc(-c3ccc4c(c3)COC4=O)cc2)C(F)(F)F)cc(N2CCC3(CC2)CNC(C(=O)O)C3)n1. The number of carboxylic acids is 1. The fraction of sp³-hybridized carbons (Fsp3) is 0.379. The summed E-state index contributed by atoms with van der Waals surface area (Å²) in [5.74, 6) is -1.43. The van der Waals surface area contributed by atoms with E-state index in [-0.39, 0.29) is 29.4 Å². The maximum atomic E-state index is 14.2. The number of carbonyl (C=O) groups excluding carboxylic acids is 1. The molecule has 1 aromatic heterocycles. The van der Waals surface area contributed by atoms with E-state index >= 15 is 0 Å². The molecule has 2 aromatic carbocycles. The van der Waals surface area contributed by atoms with Gasteiger partial charge >= 0.3 is 18.1 Å². The fourth-order valence-electron chi connectivity index (χ4n) is 5.94. The van der Waals surface area contributed by atoms with Crippen LogP contribution in [-0.4, -0.2) is 58.9 Å². The second-order valence-corrected chi connectivity index (χ2v) is 11.0. The lowest BCUT2D eigenvalue weighted by molar-refractivity contribution is -0.198. The number of nitrogens with zero attached hydrogens (tertiary/aromatic N) is 3. The largest absolute Gasteiger partial charge is 0.480 e. The number of halogens is 3. The average Bonchev–Trinajstić information content (AvgIpc) is 3.55. The smallest absolute Gasteiger partial charge is 0.429 e. The molecule has 4 N–H and O–H groups in total. The van der Waals surface area contributed by atoms with Crippen molar-refractivity contribution >= 4 is 23.7 Å². The Bertz CT molecular complexity index is 1520. The normalized spacial score (nSPS) is 20.3. The molecule has 0 aliphatic carbocycles. The van der Waals surface area contributed by atoms with Crippen molar-refractivity contribution in [1.29, 1.82) is 0 Å². The zero-order valence-electron chi connectivity index (χ0n) is 22.4. The average molecular weight is 584 g/mol. The minimum atomic E-state index is -4.75. The number of carbonyl (C=O) groups is 2. The summed E-state index contributed by atoms with van der Waals surface area (Å²) in [4.78, 5) is 33.1. The lowest BCUT2D eigenvalue weighted by atomic mass is 9.76. The number of ether oxygens (including phenoxy) is 2. The highest BCUT2D eigenvalue weighted by Crippen LogP contribution is 2.41. The van der Waals surface area contributed by atoms with Crippen LogP contribution in [0, 0.1) is 5.41 Å². The summed E-state index contributed by atoms with van der Waals surface area (Å²) >= 11 is 0. The van der Waals surface area contributed by atoms with Crippen LogP contribution in [0.1, 0.15) is 46.9 Å². The first-order chi connectivity index (χ1) is 20.0. The van der Waals surface area contributed by atoms with Crippen LogP contribution in [0.2, 0.25) is 0 Å². The number of piperidine rings is 1. The summed E-state index contributed by atoms with van der Waals surface area (Å²) in [5, 5.41) is 12.4. The van der Waals surface area contributed by atoms with Gasteiger partial charge in [-0.2, -0.15) is 23.1 Å². The minimum Gasteiger partial charge on any atom is -0.480 e. The number of nitrogens with one attached hydrogen (secondary N) is 1. The zero-order chi connectivity index (χ0) is 29.6. The first-order valence-electron chi connectivity index (χ1n) is 13.5. The van der Waals surface area contributed by atoms with Gasteiger partial charge in [0.15, 0.2) is 0 Å². The first kappa shape index (κ1) is 27.8. The summed E-state index contributed by atoms with van der Waals surface area (Å²) in [6, 6.07) is 11.7. The summed E-state index contributed by atoms with van der Waals surface area (Å²) < 4.78 is 53.1. The van der Waals surface area contributed by atoms with E-state index < -0.39 is 30.3 Å². The van der Waals surface area contributed by atoms with E-state index in [1.54, 1.807) is 30.3 Å². The number of carboxylic acid groups (broad SMARTS) is 1. The van der Waals surface area contributed by atoms with E-state index in [0.717, 1.165) is 11.1 Å². The van der Waals surface area contributed by atoms with Crippen LogP contribution >= 0.6 is 0 Å². The quantitative estimate of drug-likeness (QED) is 0.363. The summed E-state index contributed by atoms with van der Waals surface area (Å²) in [5.41, 5.74) is 8.23. The Balaban J connectivity index is 1.18. The Morgan fingerprint density at radius 2 is 1.83 bits per heavy atom. The molecule has 4 heterocycles. The molecule has 1 spiro atoms. The van der Waals surface area contributed by atoms with Gasteiger partial charge in [0.2, 0.25) is 17.9 Å². The van der Waals surface area contributed by atoms with Gasteiger partial charge in [0, 0.05) is 36.8 Å². The van der Waals surface area contributed by atoms with Crippen LogP contribution in [0.3, 0.4) is 0 Å². The lowest BCUT2D eigenvalue weighted by Gasteiger charge is -2.39. The third-order valence-electron chi connectivity index (χ3n) is 8.28. The van der Waals surface area contributed by atoms with Crippen molar-refractivity contribution in [2.75, 3.05) is 30.3 Å². The van der Waals surface area contributed by atoms with Crippen molar-refractivity contribution in [1.82, 2.24) is 15.3 Å². The first-order valence-corrected chi connectivity index (χ1v) is 13.5. The highest BCUT2D eigenvalue weighted by molar-refractivity contribution is 5.94. The molecule has 2 saturated heterocycles. The molecule has 0 radical (unpaired) electrons. The number of anilines is 2. The molecule has 1 unspecified atom stereocenters. The zero-order valence-corrected chi connectivity index (χ0v) is 22.4. The predicted octanol–water partition coefficient (Wildman–Crippen LogP) is 4.11. The number of aliphatic carboxylic acids is 1. The van der Waals surface area contributed by atoms with Crippen LogP contribution in [0.4, 0.5) is 24.9 Å². The third kappa shape index (κ3) is 5.43. The van der Waals surface area contributed by atoms with E-state index in [9.17, 15) is 27.9 Å². The Morgan fingerprint density at radius 1 is 1.12 bits per heavy atom. The van der Waals surface area contributed by atoms with Gasteiger partial charge in [0.05, 0.1) is 5.56 Å². The third-order valence-corrected chi connectivity index (χ3v) is 8.28. The topological polar surface area (TPSA) is 140 Å². The molecule has 0 saturated carbocycles. The van der Waals surface area contributed by atoms with E-state index in [0.29, 0.717) is 55.8 Å². The summed E-state index contributed by atoms with van der Waals surface area (Å²) in [6.45, 7) is 1.84. The molecule has 3 aromatic rings. The minimum absolute atomic E-state index is 0.119. The van der Waals surface area contributed by atoms with Gasteiger partial charge in [-0.15, -0.1) is 0 Å².